The van der Waals surface area contributed by atoms with E-state index in [2.05, 4.69) is 19.9 Å². The minimum Gasteiger partial charge on any atom is -0.399 e. The summed E-state index contributed by atoms with van der Waals surface area (Å²) in [7, 11) is -0.494. The van der Waals surface area contributed by atoms with Crippen LogP contribution in [-0.2, 0) is 31.7 Å². The maximum Gasteiger partial charge on any atom is 0.495 e. The summed E-state index contributed by atoms with van der Waals surface area (Å²) in [5.41, 5.74) is 6.86. The Morgan fingerprint density at radius 1 is 0.603 bits per heavy atom. The van der Waals surface area contributed by atoms with Crippen molar-refractivity contribution in [3.8, 4) is 33.9 Å². The number of fused-ring (bicyclic) bond motifs is 2. The number of imidazole rings is 2. The zero-order chi connectivity index (χ0) is 45.2. The van der Waals surface area contributed by atoms with E-state index in [0.717, 1.165) is 33.5 Å². The molecule has 5 aromatic heterocycles. The number of halogens is 6. The Morgan fingerprint density at radius 2 is 1.08 bits per heavy atom. The Kier molecular flexibility index (Phi) is 12.7. The molecule has 0 unspecified atom stereocenters. The van der Waals surface area contributed by atoms with Crippen molar-refractivity contribution in [3.63, 3.8) is 0 Å². The lowest BCUT2D eigenvalue weighted by atomic mass is 9.80. The highest BCUT2D eigenvalue weighted by atomic mass is 19.4. The number of benzene rings is 2. The number of nitrogens with zero attached hydrogens (tertiary/aromatic N) is 6. The van der Waals surface area contributed by atoms with Crippen LogP contribution in [0.25, 0.3) is 45.2 Å². The maximum atomic E-state index is 12.4. The minimum atomic E-state index is -4.33. The summed E-state index contributed by atoms with van der Waals surface area (Å²) in [6.07, 6.45) is -1.37. The van der Waals surface area contributed by atoms with Gasteiger partial charge in [-0.3, -0.25) is 18.4 Å². The summed E-state index contributed by atoms with van der Waals surface area (Å²) in [4.78, 5) is 41.3. The van der Waals surface area contributed by atoms with E-state index >= 15 is 0 Å². The highest BCUT2D eigenvalue weighted by molar-refractivity contribution is 6.62. The topological polar surface area (TPSA) is 113 Å². The first-order valence-corrected chi connectivity index (χ1v) is 20.2. The Labute approximate surface area is 359 Å². The van der Waals surface area contributed by atoms with Gasteiger partial charge in [-0.1, -0.05) is 36.4 Å². The first kappa shape index (κ1) is 44.8. The quantitative estimate of drug-likeness (QED) is 0.0882. The molecule has 0 amide bonds. The van der Waals surface area contributed by atoms with E-state index in [9.17, 15) is 35.9 Å². The number of ketones is 2. The number of pyridine rings is 2. The molecule has 326 valence electrons. The van der Waals surface area contributed by atoms with Crippen molar-refractivity contribution in [2.75, 3.05) is 0 Å². The zero-order valence-electron chi connectivity index (χ0n) is 34.9. The molecular formula is C46H43BF6N6O4. The molecule has 17 heteroatoms. The van der Waals surface area contributed by atoms with Crippen LogP contribution < -0.4 is 5.46 Å². The Morgan fingerprint density at radius 3 is 1.57 bits per heavy atom. The van der Waals surface area contributed by atoms with Crippen LogP contribution in [0.15, 0.2) is 116 Å². The Balaban J connectivity index is 0.000000190. The summed E-state index contributed by atoms with van der Waals surface area (Å²) < 4.78 is 90.2. The second-order valence-corrected chi connectivity index (χ2v) is 16.3. The highest BCUT2D eigenvalue weighted by Crippen LogP contribution is 2.37. The number of Topliss-reactive ketones (excluding diaryl/α,β-unsaturated/α-hetero) is 2. The number of alkyl halides is 6. The van der Waals surface area contributed by atoms with Crippen molar-refractivity contribution in [3.05, 3.63) is 127 Å². The van der Waals surface area contributed by atoms with Gasteiger partial charge < -0.3 is 9.31 Å². The molecule has 0 N–H and O–H groups in total. The van der Waals surface area contributed by atoms with Crippen molar-refractivity contribution in [1.29, 1.82) is 0 Å². The summed E-state index contributed by atoms with van der Waals surface area (Å²) in [5.74, 6) is -0.270. The van der Waals surface area contributed by atoms with E-state index in [0.29, 0.717) is 28.2 Å². The Hall–Kier alpha value is -6.20. The van der Waals surface area contributed by atoms with Gasteiger partial charge in [-0.05, 0) is 86.7 Å². The van der Waals surface area contributed by atoms with Gasteiger partial charge >= 0.3 is 19.5 Å². The predicted molar refractivity (Wildman–Crippen MR) is 226 cm³/mol. The van der Waals surface area contributed by atoms with Gasteiger partial charge in [0.2, 0.25) is 0 Å². The minimum absolute atomic E-state index is 0.0316. The molecule has 0 radical (unpaired) electrons. The molecule has 10 nitrogen and oxygen atoms in total. The van der Waals surface area contributed by atoms with Crippen molar-refractivity contribution < 1.29 is 45.2 Å². The van der Waals surface area contributed by atoms with E-state index in [1.54, 1.807) is 55.1 Å². The number of rotatable bonds is 12. The molecule has 1 saturated heterocycles. The molecule has 1 fully saturated rings. The number of carbonyl (C=O) groups is 2. The lowest BCUT2D eigenvalue weighted by molar-refractivity contribution is -0.143. The first-order chi connectivity index (χ1) is 29.7. The summed E-state index contributed by atoms with van der Waals surface area (Å²) >= 11 is 0. The molecule has 7 aromatic rings. The van der Waals surface area contributed by atoms with Gasteiger partial charge in [0.05, 0.1) is 47.8 Å². The van der Waals surface area contributed by atoms with Gasteiger partial charge in [-0.25, -0.2) is 19.9 Å². The molecule has 8 rings (SSSR count). The van der Waals surface area contributed by atoms with Crippen LogP contribution >= 0.6 is 0 Å². The molecule has 0 saturated carbocycles. The third kappa shape index (κ3) is 11.1. The summed E-state index contributed by atoms with van der Waals surface area (Å²) in [6, 6.07) is 23.8. The molecule has 1 aliphatic rings. The second kappa shape index (κ2) is 17.9. The normalized spacial score (nSPS) is 14.8. The van der Waals surface area contributed by atoms with E-state index in [-0.39, 0.29) is 12.8 Å². The highest BCUT2D eigenvalue weighted by Gasteiger charge is 2.51. The molecule has 0 spiro atoms. The van der Waals surface area contributed by atoms with E-state index < -0.39 is 67.9 Å². The van der Waals surface area contributed by atoms with Crippen LogP contribution in [0.1, 0.15) is 64.5 Å². The van der Waals surface area contributed by atoms with Crippen LogP contribution in [0, 0.1) is 0 Å². The van der Waals surface area contributed by atoms with Crippen LogP contribution in [0.2, 0.25) is 0 Å². The van der Waals surface area contributed by atoms with Crippen molar-refractivity contribution in [1.82, 2.24) is 28.7 Å². The third-order valence-electron chi connectivity index (χ3n) is 11.0. The van der Waals surface area contributed by atoms with Gasteiger partial charge in [0.15, 0.2) is 5.82 Å². The SMILES string of the molecule is CC1(C)OB(c2ccn3c(-c4cccc(CC(=O)CCC(F)(F)F)c4)cnc3c2)OC1(C)C.O=C(CCC(F)(F)F)Cc1cccc(-c2cnc3cc(-c4ncccn4)ccn23)c1. The Bertz CT molecular complexity index is 2730. The van der Waals surface area contributed by atoms with E-state index in [4.69, 9.17) is 9.31 Å². The fourth-order valence-corrected chi connectivity index (χ4v) is 6.99. The number of hydrogen-bond donors (Lipinski definition) is 0. The van der Waals surface area contributed by atoms with Gasteiger partial charge in [-0.2, -0.15) is 26.3 Å². The van der Waals surface area contributed by atoms with Crippen LogP contribution in [0.3, 0.4) is 0 Å². The molecule has 1 aliphatic heterocycles. The van der Waals surface area contributed by atoms with Gasteiger partial charge in [0.1, 0.15) is 22.9 Å². The summed E-state index contributed by atoms with van der Waals surface area (Å²) in [6.45, 7) is 8.00. The van der Waals surface area contributed by atoms with Crippen molar-refractivity contribution >= 4 is 35.4 Å². The average molecular weight is 869 g/mol. The van der Waals surface area contributed by atoms with Crippen LogP contribution in [0.4, 0.5) is 26.3 Å². The van der Waals surface area contributed by atoms with Gasteiger partial charge in [0, 0.05) is 67.2 Å². The lowest BCUT2D eigenvalue weighted by Crippen LogP contribution is -2.41. The lowest BCUT2D eigenvalue weighted by Gasteiger charge is -2.32. The predicted octanol–water partition coefficient (Wildman–Crippen LogP) is 9.67. The van der Waals surface area contributed by atoms with Crippen LogP contribution in [-0.4, -0.2) is 71.0 Å². The molecular weight excluding hydrogens is 825 g/mol. The molecule has 0 aliphatic carbocycles. The van der Waals surface area contributed by atoms with Gasteiger partial charge in [0.25, 0.3) is 0 Å². The fourth-order valence-electron chi connectivity index (χ4n) is 6.99. The maximum absolute atomic E-state index is 12.4. The molecule has 2 aromatic carbocycles. The third-order valence-corrected chi connectivity index (χ3v) is 11.0. The zero-order valence-corrected chi connectivity index (χ0v) is 34.9. The first-order valence-electron chi connectivity index (χ1n) is 20.2. The summed E-state index contributed by atoms with van der Waals surface area (Å²) in [5, 5.41) is 0. The molecule has 63 heavy (non-hydrogen) atoms. The van der Waals surface area contributed by atoms with Gasteiger partial charge in [-0.15, -0.1) is 0 Å². The van der Waals surface area contributed by atoms with Crippen molar-refractivity contribution in [2.45, 2.75) is 89.8 Å². The number of hydrogen-bond acceptors (Lipinski definition) is 8. The molecule has 0 bridgehead atoms. The molecule has 0 atom stereocenters. The monoisotopic (exact) mass is 868 g/mol. The number of aromatic nitrogens is 6. The van der Waals surface area contributed by atoms with E-state index in [1.807, 2.05) is 97.4 Å². The largest absolute Gasteiger partial charge is 0.495 e. The van der Waals surface area contributed by atoms with Crippen molar-refractivity contribution in [2.24, 2.45) is 0 Å². The standard InChI is InChI=1S/C24H26BF3N2O3.C22H17F3N4O/c1-22(2)23(3,4)33-25(32-22)18-9-11-30-20(15-29-21(30)14-18)17-7-5-6-16(12-17)13-19(31)8-10-24(26,27)28;23-22(24,25)7-5-18(30)12-15-3-1-4-16(11-15)19-14-28-20-13-17(6-10-29(19)20)21-26-8-2-9-27-21/h5-7,9,11-12,14-15H,8,10,13H2,1-4H3;1-4,6,8-11,13-14H,5,7,12H2. The smallest absolute Gasteiger partial charge is 0.399 e. The fraction of sp³-hybridized carbons (Fsp3) is 0.304. The van der Waals surface area contributed by atoms with Crippen LogP contribution in [0.5, 0.6) is 0 Å². The average Bonchev–Trinajstić information content (AvgIpc) is 3.92. The number of carbonyl (C=O) groups excluding carboxylic acids is 2. The molecule has 6 heterocycles. The second-order valence-electron chi connectivity index (χ2n) is 16.3. The van der Waals surface area contributed by atoms with E-state index in [1.165, 1.54) is 0 Å².